The predicted molar refractivity (Wildman–Crippen MR) is 163 cm³/mol. The molecule has 0 amide bonds. The minimum atomic E-state index is -0.295. The van der Waals surface area contributed by atoms with Crippen molar-refractivity contribution >= 4 is 11.9 Å². The molecule has 0 aromatic heterocycles. The van der Waals surface area contributed by atoms with Gasteiger partial charge in [0, 0.05) is 12.8 Å². The Labute approximate surface area is 251 Å². The number of phenolic OH excluding ortho intramolecular Hbond substituents is 2. The van der Waals surface area contributed by atoms with Gasteiger partial charge in [0.2, 0.25) is 0 Å². The van der Waals surface area contributed by atoms with Crippen LogP contribution in [0.3, 0.4) is 0 Å². The van der Waals surface area contributed by atoms with Crippen LogP contribution in [0.1, 0.15) is 80.8 Å². The molecular formula is C34H50O8. The van der Waals surface area contributed by atoms with Crippen LogP contribution in [-0.4, -0.2) is 61.8 Å². The highest BCUT2D eigenvalue weighted by Crippen LogP contribution is 2.34. The molecule has 0 aliphatic carbocycles. The zero-order chi connectivity index (χ0) is 31.3. The zero-order valence-electron chi connectivity index (χ0n) is 26.5. The summed E-state index contributed by atoms with van der Waals surface area (Å²) in [7, 11) is 0. The van der Waals surface area contributed by atoms with Crippen molar-refractivity contribution in [2.45, 2.75) is 86.0 Å². The normalized spacial score (nSPS) is 11.6. The highest BCUT2D eigenvalue weighted by atomic mass is 16.6. The molecule has 234 valence electrons. The molecule has 8 heteroatoms. The van der Waals surface area contributed by atoms with E-state index < -0.39 is 0 Å². The maximum Gasteiger partial charge on any atom is 0.306 e. The standard InChI is InChI=1S/C34H50O8/c1-23(2)18-28-21-26(19-24(3)32(28)37)8-10-30(35)41-16-14-39-12-13-40-15-17-42-31(36)11-9-27-20-25(4)33(38)29(22-27)34(5,6)7/h19-23,37-38H,8-18H2,1-7H3. The van der Waals surface area contributed by atoms with Crippen molar-refractivity contribution in [2.75, 3.05) is 39.6 Å². The molecule has 0 aliphatic rings. The number of carbonyl (C=O) groups is 2. The van der Waals surface area contributed by atoms with Crippen LogP contribution in [0.4, 0.5) is 0 Å². The molecule has 42 heavy (non-hydrogen) atoms. The van der Waals surface area contributed by atoms with Gasteiger partial charge in [0.15, 0.2) is 0 Å². The summed E-state index contributed by atoms with van der Waals surface area (Å²) in [4.78, 5) is 24.2. The maximum atomic E-state index is 12.1. The molecule has 0 radical (unpaired) electrons. The van der Waals surface area contributed by atoms with Gasteiger partial charge in [-0.15, -0.1) is 0 Å². The number of ether oxygens (including phenoxy) is 4. The van der Waals surface area contributed by atoms with Gasteiger partial charge in [0.1, 0.15) is 24.7 Å². The number of rotatable bonds is 17. The van der Waals surface area contributed by atoms with E-state index in [-0.39, 0.29) is 56.6 Å². The first-order valence-electron chi connectivity index (χ1n) is 14.9. The van der Waals surface area contributed by atoms with Gasteiger partial charge in [-0.2, -0.15) is 0 Å². The molecule has 0 atom stereocenters. The number of aromatic hydroxyl groups is 2. The van der Waals surface area contributed by atoms with Gasteiger partial charge in [-0.05, 0) is 77.8 Å². The van der Waals surface area contributed by atoms with E-state index in [2.05, 4.69) is 13.8 Å². The summed E-state index contributed by atoms with van der Waals surface area (Å²) in [6.07, 6.45) is 2.40. The lowest BCUT2D eigenvalue weighted by atomic mass is 9.83. The second kappa shape index (κ2) is 17.1. The Kier molecular flexibility index (Phi) is 14.3. The fourth-order valence-electron chi connectivity index (χ4n) is 4.63. The molecule has 8 nitrogen and oxygen atoms in total. The van der Waals surface area contributed by atoms with Crippen molar-refractivity contribution in [3.8, 4) is 11.5 Å². The average Bonchev–Trinajstić information content (AvgIpc) is 2.90. The lowest BCUT2D eigenvalue weighted by Gasteiger charge is -2.22. The van der Waals surface area contributed by atoms with Crippen LogP contribution in [-0.2, 0) is 53.2 Å². The Balaban J connectivity index is 1.52. The number of phenols is 2. The van der Waals surface area contributed by atoms with Crippen molar-refractivity contribution in [1.29, 1.82) is 0 Å². The highest BCUT2D eigenvalue weighted by Gasteiger charge is 2.20. The fourth-order valence-corrected chi connectivity index (χ4v) is 4.63. The van der Waals surface area contributed by atoms with Crippen LogP contribution < -0.4 is 0 Å². The van der Waals surface area contributed by atoms with E-state index in [4.69, 9.17) is 18.9 Å². The third-order valence-electron chi connectivity index (χ3n) is 6.82. The SMILES string of the molecule is Cc1cc(CCC(=O)OCCOCCOCCOC(=O)CCc2cc(C)c(O)c(C(C)(C)C)c2)cc(CC(C)C)c1O. The molecule has 0 spiro atoms. The van der Waals surface area contributed by atoms with Gasteiger partial charge in [-0.3, -0.25) is 9.59 Å². The summed E-state index contributed by atoms with van der Waals surface area (Å²) >= 11 is 0. The highest BCUT2D eigenvalue weighted by molar-refractivity contribution is 5.70. The predicted octanol–water partition coefficient (Wildman–Crippen LogP) is 5.90. The minimum absolute atomic E-state index is 0.164. The summed E-state index contributed by atoms with van der Waals surface area (Å²) in [6.45, 7) is 15.6. The number of esters is 2. The Bertz CT molecular complexity index is 1160. The zero-order valence-corrected chi connectivity index (χ0v) is 26.5. The molecule has 2 aromatic carbocycles. The summed E-state index contributed by atoms with van der Waals surface area (Å²) in [5, 5.41) is 20.6. The van der Waals surface area contributed by atoms with Gasteiger partial charge in [-0.1, -0.05) is 58.9 Å². The van der Waals surface area contributed by atoms with Crippen molar-refractivity contribution in [3.05, 3.63) is 57.6 Å². The van der Waals surface area contributed by atoms with Gasteiger partial charge in [0.05, 0.1) is 26.4 Å². The molecule has 2 rings (SSSR count). The van der Waals surface area contributed by atoms with E-state index in [9.17, 15) is 19.8 Å². The van der Waals surface area contributed by atoms with Crippen LogP contribution in [0, 0.1) is 19.8 Å². The molecule has 0 unspecified atom stereocenters. The van der Waals surface area contributed by atoms with Crippen molar-refractivity contribution in [2.24, 2.45) is 5.92 Å². The molecule has 2 aromatic rings. The molecular weight excluding hydrogens is 536 g/mol. The number of hydrogen-bond donors (Lipinski definition) is 2. The topological polar surface area (TPSA) is 112 Å². The summed E-state index contributed by atoms with van der Waals surface area (Å²) in [5.41, 5.74) is 5.22. The third-order valence-corrected chi connectivity index (χ3v) is 6.82. The number of benzene rings is 2. The lowest BCUT2D eigenvalue weighted by molar-refractivity contribution is -0.146. The summed E-state index contributed by atoms with van der Waals surface area (Å²) < 4.78 is 21.4. The van der Waals surface area contributed by atoms with Crippen molar-refractivity contribution < 1.29 is 38.7 Å². The number of aryl methyl sites for hydroxylation is 4. The van der Waals surface area contributed by atoms with Gasteiger partial charge in [0.25, 0.3) is 0 Å². The number of hydrogen-bond acceptors (Lipinski definition) is 8. The second-order valence-electron chi connectivity index (χ2n) is 12.2. The molecule has 0 saturated heterocycles. The van der Waals surface area contributed by atoms with E-state index in [1.165, 1.54) is 0 Å². The first kappa shape index (κ1) is 35.1. The Hall–Kier alpha value is -3.10. The Morgan fingerprint density at radius 2 is 1.17 bits per heavy atom. The molecule has 2 N–H and O–H groups in total. The fraction of sp³-hybridized carbons (Fsp3) is 0.588. The van der Waals surface area contributed by atoms with Crippen LogP contribution in [0.2, 0.25) is 0 Å². The third kappa shape index (κ3) is 12.4. The summed E-state index contributed by atoms with van der Waals surface area (Å²) in [6, 6.07) is 7.75. The van der Waals surface area contributed by atoms with Crippen LogP contribution >= 0.6 is 0 Å². The van der Waals surface area contributed by atoms with E-state index in [1.807, 2.05) is 58.9 Å². The molecule has 0 fully saturated rings. The first-order valence-corrected chi connectivity index (χ1v) is 14.9. The Morgan fingerprint density at radius 1 is 0.714 bits per heavy atom. The maximum absolute atomic E-state index is 12.1. The minimum Gasteiger partial charge on any atom is -0.507 e. The number of carbonyl (C=O) groups excluding carboxylic acids is 2. The smallest absolute Gasteiger partial charge is 0.306 e. The monoisotopic (exact) mass is 586 g/mol. The second-order valence-corrected chi connectivity index (χ2v) is 12.2. The van der Waals surface area contributed by atoms with E-state index in [1.54, 1.807) is 0 Å². The molecule has 0 heterocycles. The van der Waals surface area contributed by atoms with Crippen LogP contribution in [0.15, 0.2) is 24.3 Å². The van der Waals surface area contributed by atoms with Crippen molar-refractivity contribution in [1.82, 2.24) is 0 Å². The van der Waals surface area contributed by atoms with Crippen LogP contribution in [0.25, 0.3) is 0 Å². The molecule has 0 bridgehead atoms. The first-order chi connectivity index (χ1) is 19.8. The lowest BCUT2D eigenvalue weighted by Crippen LogP contribution is -2.15. The van der Waals surface area contributed by atoms with Gasteiger partial charge >= 0.3 is 11.9 Å². The van der Waals surface area contributed by atoms with Crippen molar-refractivity contribution in [3.63, 3.8) is 0 Å². The van der Waals surface area contributed by atoms with Gasteiger partial charge < -0.3 is 29.2 Å². The Morgan fingerprint density at radius 3 is 1.64 bits per heavy atom. The molecule has 0 aliphatic heterocycles. The van der Waals surface area contributed by atoms with Crippen LogP contribution in [0.5, 0.6) is 11.5 Å². The quantitative estimate of drug-likeness (QED) is 0.174. The van der Waals surface area contributed by atoms with Gasteiger partial charge in [-0.25, -0.2) is 0 Å². The largest absolute Gasteiger partial charge is 0.507 e. The van der Waals surface area contributed by atoms with E-state index in [0.29, 0.717) is 43.5 Å². The van der Waals surface area contributed by atoms with E-state index >= 15 is 0 Å². The average molecular weight is 587 g/mol. The summed E-state index contributed by atoms with van der Waals surface area (Å²) in [5.74, 6) is 0.491. The molecule has 0 saturated carbocycles. The van der Waals surface area contributed by atoms with E-state index in [0.717, 1.165) is 39.8 Å².